The monoisotopic (exact) mass is 398 g/mol. The zero-order valence-corrected chi connectivity index (χ0v) is 17.6. The third-order valence-electron chi connectivity index (χ3n) is 5.36. The summed E-state index contributed by atoms with van der Waals surface area (Å²) in [5, 5.41) is 7.87. The smallest absolute Gasteiger partial charge is 0.255 e. The van der Waals surface area contributed by atoms with E-state index in [0.29, 0.717) is 5.56 Å². The van der Waals surface area contributed by atoms with Crippen LogP contribution in [-0.2, 0) is 6.42 Å². The molecule has 152 valence electrons. The lowest BCUT2D eigenvalue weighted by Crippen LogP contribution is -2.28. The Hall–Kier alpha value is -3.47. The SMILES string of the molecule is CCCc1c(C(=O)NC(C)c2ccccc2)cnc2c(-c3ccccc3)c(C)nn12. The normalized spacial score (nSPS) is 12.1. The van der Waals surface area contributed by atoms with Gasteiger partial charge in [-0.15, -0.1) is 0 Å². The minimum absolute atomic E-state index is 0.0943. The number of rotatable bonds is 6. The first-order valence-corrected chi connectivity index (χ1v) is 10.4. The summed E-state index contributed by atoms with van der Waals surface area (Å²) >= 11 is 0. The van der Waals surface area contributed by atoms with Crippen LogP contribution in [0.4, 0.5) is 0 Å². The molecular formula is C25H26N4O. The summed E-state index contributed by atoms with van der Waals surface area (Å²) in [6.45, 7) is 6.09. The van der Waals surface area contributed by atoms with Gasteiger partial charge in [0.25, 0.3) is 5.91 Å². The first kappa shape index (κ1) is 19.8. The second kappa shape index (κ2) is 8.49. The molecule has 4 aromatic rings. The lowest BCUT2D eigenvalue weighted by molar-refractivity contribution is 0.0937. The molecule has 2 aromatic carbocycles. The average molecular weight is 399 g/mol. The van der Waals surface area contributed by atoms with Gasteiger partial charge in [-0.05, 0) is 31.4 Å². The lowest BCUT2D eigenvalue weighted by Gasteiger charge is -2.16. The molecule has 0 spiro atoms. The highest BCUT2D eigenvalue weighted by Gasteiger charge is 2.21. The number of carbonyl (C=O) groups excluding carboxylic acids is 1. The van der Waals surface area contributed by atoms with Crippen molar-refractivity contribution >= 4 is 11.6 Å². The summed E-state index contributed by atoms with van der Waals surface area (Å²) in [6, 6.07) is 20.0. The molecule has 2 aromatic heterocycles. The van der Waals surface area contributed by atoms with E-state index in [0.717, 1.165) is 46.6 Å². The summed E-state index contributed by atoms with van der Waals surface area (Å²) in [4.78, 5) is 17.8. The summed E-state index contributed by atoms with van der Waals surface area (Å²) < 4.78 is 1.85. The van der Waals surface area contributed by atoms with E-state index in [2.05, 4.69) is 29.4 Å². The van der Waals surface area contributed by atoms with Crippen molar-refractivity contribution in [3.05, 3.63) is 89.4 Å². The minimum Gasteiger partial charge on any atom is -0.345 e. The van der Waals surface area contributed by atoms with Gasteiger partial charge in [0.05, 0.1) is 23.0 Å². The van der Waals surface area contributed by atoms with E-state index >= 15 is 0 Å². The van der Waals surface area contributed by atoms with E-state index in [9.17, 15) is 4.79 Å². The summed E-state index contributed by atoms with van der Waals surface area (Å²) in [6.07, 6.45) is 3.35. The van der Waals surface area contributed by atoms with Crippen LogP contribution < -0.4 is 5.32 Å². The van der Waals surface area contributed by atoms with Crippen molar-refractivity contribution in [3.8, 4) is 11.1 Å². The quantitative estimate of drug-likeness (QED) is 0.489. The van der Waals surface area contributed by atoms with Crippen LogP contribution in [0.5, 0.6) is 0 Å². The van der Waals surface area contributed by atoms with E-state index in [1.165, 1.54) is 0 Å². The van der Waals surface area contributed by atoms with Crippen molar-refractivity contribution in [2.45, 2.75) is 39.7 Å². The highest BCUT2D eigenvalue weighted by molar-refractivity contribution is 5.96. The zero-order chi connectivity index (χ0) is 21.1. The van der Waals surface area contributed by atoms with Crippen LogP contribution in [-0.4, -0.2) is 20.5 Å². The van der Waals surface area contributed by atoms with Gasteiger partial charge < -0.3 is 5.32 Å². The lowest BCUT2D eigenvalue weighted by atomic mass is 10.1. The maximum Gasteiger partial charge on any atom is 0.255 e. The number of amides is 1. The van der Waals surface area contributed by atoms with Crippen LogP contribution in [0, 0.1) is 6.92 Å². The molecule has 0 saturated carbocycles. The molecule has 0 aliphatic heterocycles. The topological polar surface area (TPSA) is 59.3 Å². The van der Waals surface area contributed by atoms with E-state index in [4.69, 9.17) is 5.10 Å². The van der Waals surface area contributed by atoms with Gasteiger partial charge in [-0.25, -0.2) is 9.50 Å². The molecule has 1 unspecified atom stereocenters. The number of carbonyl (C=O) groups is 1. The number of nitrogens with one attached hydrogen (secondary N) is 1. The fourth-order valence-electron chi connectivity index (χ4n) is 3.85. The van der Waals surface area contributed by atoms with Crippen molar-refractivity contribution in [2.75, 3.05) is 0 Å². The van der Waals surface area contributed by atoms with Crippen molar-refractivity contribution in [1.29, 1.82) is 0 Å². The Balaban J connectivity index is 1.75. The molecule has 1 amide bonds. The summed E-state index contributed by atoms with van der Waals surface area (Å²) in [7, 11) is 0. The molecule has 30 heavy (non-hydrogen) atoms. The molecule has 1 N–H and O–H groups in total. The van der Waals surface area contributed by atoms with Crippen LogP contribution in [0.25, 0.3) is 16.8 Å². The number of fused-ring (bicyclic) bond motifs is 1. The van der Waals surface area contributed by atoms with Gasteiger partial charge in [0.15, 0.2) is 5.65 Å². The third kappa shape index (κ3) is 3.71. The average Bonchev–Trinajstić information content (AvgIpc) is 3.11. The summed E-state index contributed by atoms with van der Waals surface area (Å²) in [5.74, 6) is -0.126. The van der Waals surface area contributed by atoms with Crippen molar-refractivity contribution in [3.63, 3.8) is 0 Å². The maximum absolute atomic E-state index is 13.1. The molecule has 0 saturated heterocycles. The number of aryl methyl sites for hydroxylation is 2. The molecule has 0 bridgehead atoms. The van der Waals surface area contributed by atoms with Crippen molar-refractivity contribution < 1.29 is 4.79 Å². The number of aromatic nitrogens is 3. The van der Waals surface area contributed by atoms with Gasteiger partial charge in [0.2, 0.25) is 0 Å². The van der Waals surface area contributed by atoms with E-state index < -0.39 is 0 Å². The fraction of sp³-hybridized carbons (Fsp3) is 0.240. The van der Waals surface area contributed by atoms with Gasteiger partial charge >= 0.3 is 0 Å². The molecule has 0 fully saturated rings. The van der Waals surface area contributed by atoms with E-state index in [1.807, 2.05) is 66.9 Å². The predicted octanol–water partition coefficient (Wildman–Crippen LogP) is 5.15. The highest BCUT2D eigenvalue weighted by atomic mass is 16.1. The Labute approximate surface area is 176 Å². The third-order valence-corrected chi connectivity index (χ3v) is 5.36. The van der Waals surface area contributed by atoms with Gasteiger partial charge in [-0.1, -0.05) is 74.0 Å². The largest absolute Gasteiger partial charge is 0.345 e. The molecular weight excluding hydrogens is 372 g/mol. The number of benzene rings is 2. The molecule has 0 aliphatic rings. The Bertz CT molecular complexity index is 1170. The molecule has 5 nitrogen and oxygen atoms in total. The van der Waals surface area contributed by atoms with E-state index in [1.54, 1.807) is 6.20 Å². The van der Waals surface area contributed by atoms with Gasteiger partial charge in [0, 0.05) is 11.8 Å². The van der Waals surface area contributed by atoms with E-state index in [-0.39, 0.29) is 11.9 Å². The maximum atomic E-state index is 13.1. The second-order valence-electron chi connectivity index (χ2n) is 7.54. The standard InChI is InChI=1S/C25H26N4O/c1-4-11-22-21(25(30)27-17(2)19-12-7-5-8-13-19)16-26-24-23(18(3)28-29(22)24)20-14-9-6-10-15-20/h5-10,12-17H,4,11H2,1-3H3,(H,27,30). The first-order valence-electron chi connectivity index (χ1n) is 10.4. The van der Waals surface area contributed by atoms with Gasteiger partial charge in [0.1, 0.15) is 0 Å². The molecule has 4 rings (SSSR count). The van der Waals surface area contributed by atoms with Crippen LogP contribution in [0.3, 0.4) is 0 Å². The second-order valence-corrected chi connectivity index (χ2v) is 7.54. The zero-order valence-electron chi connectivity index (χ0n) is 17.6. The fourth-order valence-corrected chi connectivity index (χ4v) is 3.85. The summed E-state index contributed by atoms with van der Waals surface area (Å²) in [5.41, 5.74) is 6.32. The number of hydrogen-bond acceptors (Lipinski definition) is 3. The van der Waals surface area contributed by atoms with Crippen molar-refractivity contribution in [2.24, 2.45) is 0 Å². The Morgan fingerprint density at radius 1 is 1.07 bits per heavy atom. The van der Waals surface area contributed by atoms with Crippen LogP contribution in [0.2, 0.25) is 0 Å². The Morgan fingerprint density at radius 2 is 1.73 bits per heavy atom. The number of hydrogen-bond donors (Lipinski definition) is 1. The molecule has 5 heteroatoms. The molecule has 0 aliphatic carbocycles. The molecule has 2 heterocycles. The predicted molar refractivity (Wildman–Crippen MR) is 119 cm³/mol. The van der Waals surface area contributed by atoms with Crippen LogP contribution in [0.15, 0.2) is 66.9 Å². The van der Waals surface area contributed by atoms with Crippen LogP contribution >= 0.6 is 0 Å². The van der Waals surface area contributed by atoms with Crippen molar-refractivity contribution in [1.82, 2.24) is 19.9 Å². The first-order chi connectivity index (χ1) is 14.6. The molecule has 0 radical (unpaired) electrons. The number of nitrogens with zero attached hydrogens (tertiary/aromatic N) is 3. The van der Waals surface area contributed by atoms with Crippen LogP contribution in [0.1, 0.15) is 53.6 Å². The van der Waals surface area contributed by atoms with Gasteiger partial charge in [-0.2, -0.15) is 5.10 Å². The highest BCUT2D eigenvalue weighted by Crippen LogP contribution is 2.28. The molecule has 1 atom stereocenters. The van der Waals surface area contributed by atoms with Gasteiger partial charge in [-0.3, -0.25) is 4.79 Å². The Morgan fingerprint density at radius 3 is 2.40 bits per heavy atom. The Kier molecular flexibility index (Phi) is 5.61. The minimum atomic E-state index is -0.126.